The Morgan fingerprint density at radius 2 is 1.76 bits per heavy atom. The van der Waals surface area contributed by atoms with E-state index in [4.69, 9.17) is 4.74 Å². The number of ether oxygens (including phenoxy) is 1. The van der Waals surface area contributed by atoms with Gasteiger partial charge < -0.3 is 15.2 Å². The van der Waals surface area contributed by atoms with E-state index in [0.717, 1.165) is 29.7 Å². The van der Waals surface area contributed by atoms with Gasteiger partial charge in [-0.1, -0.05) is 51.8 Å². The van der Waals surface area contributed by atoms with E-state index < -0.39 is 6.29 Å². The minimum absolute atomic E-state index is 0.542. The summed E-state index contributed by atoms with van der Waals surface area (Å²) in [5, 5.41) is 12.8. The summed E-state index contributed by atoms with van der Waals surface area (Å²) in [7, 11) is 1.50. The van der Waals surface area contributed by atoms with Crippen molar-refractivity contribution in [3.8, 4) is 0 Å². The van der Waals surface area contributed by atoms with Crippen LogP contribution in [0.1, 0.15) is 33.1 Å². The monoisotopic (exact) mass is 291 g/mol. The lowest BCUT2D eigenvalue weighted by Crippen LogP contribution is -2.22. The summed E-state index contributed by atoms with van der Waals surface area (Å²) < 4.78 is 4.84. The summed E-state index contributed by atoms with van der Waals surface area (Å²) in [5.74, 6) is 0. The summed E-state index contributed by atoms with van der Waals surface area (Å²) in [6, 6.07) is 0. The first-order valence-corrected chi connectivity index (χ1v) is 7.38. The Kier molecular flexibility index (Phi) is 10.3. The highest BCUT2D eigenvalue weighted by Crippen LogP contribution is 2.24. The Labute approximate surface area is 129 Å². The number of aliphatic hydroxyl groups is 1. The molecule has 3 heteroatoms. The molecule has 2 N–H and O–H groups in total. The van der Waals surface area contributed by atoms with E-state index in [-0.39, 0.29) is 0 Å². The second kappa shape index (κ2) is 11.1. The molecule has 0 aliphatic heterocycles. The Balaban J connectivity index is 5.37. The van der Waals surface area contributed by atoms with E-state index >= 15 is 0 Å². The molecule has 0 bridgehead atoms. The van der Waals surface area contributed by atoms with Gasteiger partial charge >= 0.3 is 0 Å². The van der Waals surface area contributed by atoms with Gasteiger partial charge in [0.2, 0.25) is 0 Å². The molecule has 1 unspecified atom stereocenters. The molecule has 3 nitrogen and oxygen atoms in total. The van der Waals surface area contributed by atoms with E-state index in [2.05, 4.69) is 38.9 Å². The van der Waals surface area contributed by atoms with Crippen LogP contribution in [-0.2, 0) is 4.74 Å². The summed E-state index contributed by atoms with van der Waals surface area (Å²) >= 11 is 0. The summed E-state index contributed by atoms with van der Waals surface area (Å²) in [6.45, 7) is 16.4. The fourth-order valence-corrected chi connectivity index (χ4v) is 2.19. The van der Waals surface area contributed by atoms with Gasteiger partial charge in [-0.25, -0.2) is 0 Å². The number of hydrogen-bond acceptors (Lipinski definition) is 3. The van der Waals surface area contributed by atoms with Gasteiger partial charge in [-0.2, -0.15) is 0 Å². The van der Waals surface area contributed by atoms with Crippen molar-refractivity contribution in [2.75, 3.05) is 13.7 Å². The number of methoxy groups -OCH3 is 1. The van der Waals surface area contributed by atoms with Crippen LogP contribution in [0.25, 0.3) is 0 Å². The third kappa shape index (κ3) is 6.15. The lowest BCUT2D eigenvalue weighted by Gasteiger charge is -2.18. The van der Waals surface area contributed by atoms with Crippen LogP contribution in [0, 0.1) is 0 Å². The van der Waals surface area contributed by atoms with E-state index in [1.807, 2.05) is 6.08 Å². The molecule has 0 radical (unpaired) electrons. The van der Waals surface area contributed by atoms with Crippen LogP contribution >= 0.6 is 0 Å². The molecule has 0 spiro atoms. The summed E-state index contributed by atoms with van der Waals surface area (Å²) in [5.41, 5.74) is 4.39. The first kappa shape index (κ1) is 19.4. The second-order valence-electron chi connectivity index (χ2n) is 4.55. The third-order valence-electron chi connectivity index (χ3n) is 3.35. The first-order valence-electron chi connectivity index (χ1n) is 7.38. The van der Waals surface area contributed by atoms with Crippen LogP contribution in [0.15, 0.2) is 60.4 Å². The molecule has 0 saturated carbocycles. The SMILES string of the molecule is C=CC(C=C)=C(C=C)/C(CC)=C(\CC)NCCC(O)OC. The average molecular weight is 291 g/mol. The van der Waals surface area contributed by atoms with Gasteiger partial charge in [0.05, 0.1) is 0 Å². The molecule has 0 aliphatic carbocycles. The summed E-state index contributed by atoms with van der Waals surface area (Å²) in [6.07, 6.45) is 7.01. The van der Waals surface area contributed by atoms with Crippen molar-refractivity contribution in [3.63, 3.8) is 0 Å². The molecule has 1 atom stereocenters. The number of allylic oxidation sites excluding steroid dienone is 7. The second-order valence-corrected chi connectivity index (χ2v) is 4.55. The van der Waals surface area contributed by atoms with Crippen LogP contribution in [-0.4, -0.2) is 25.1 Å². The molecule has 0 heterocycles. The van der Waals surface area contributed by atoms with Crippen molar-refractivity contribution in [2.24, 2.45) is 0 Å². The maximum absolute atomic E-state index is 9.43. The number of hydrogen-bond donors (Lipinski definition) is 2. The van der Waals surface area contributed by atoms with Crippen LogP contribution < -0.4 is 5.32 Å². The molecule has 0 amide bonds. The quantitative estimate of drug-likeness (QED) is 0.448. The van der Waals surface area contributed by atoms with E-state index in [1.165, 1.54) is 12.7 Å². The summed E-state index contributed by atoms with van der Waals surface area (Å²) in [4.78, 5) is 0. The largest absolute Gasteiger partial charge is 0.388 e. The van der Waals surface area contributed by atoms with Crippen LogP contribution in [0.4, 0.5) is 0 Å². The molecule has 0 aromatic heterocycles. The highest BCUT2D eigenvalue weighted by Gasteiger charge is 2.10. The highest BCUT2D eigenvalue weighted by molar-refractivity contribution is 5.51. The predicted molar refractivity (Wildman–Crippen MR) is 90.9 cm³/mol. The van der Waals surface area contributed by atoms with Gasteiger partial charge in [0.25, 0.3) is 0 Å². The molecule has 0 fully saturated rings. The van der Waals surface area contributed by atoms with Gasteiger partial charge in [-0.3, -0.25) is 0 Å². The zero-order chi connectivity index (χ0) is 16.3. The predicted octanol–water partition coefficient (Wildman–Crippen LogP) is 3.86. The lowest BCUT2D eigenvalue weighted by atomic mass is 9.95. The van der Waals surface area contributed by atoms with Crippen LogP contribution in [0.2, 0.25) is 0 Å². The Morgan fingerprint density at radius 1 is 1.14 bits per heavy atom. The van der Waals surface area contributed by atoms with Gasteiger partial charge in [0.1, 0.15) is 0 Å². The standard InChI is InChI=1S/C18H29NO2/c1-7-14(8-2)15(9-3)16(10-4)17(11-5)19-13-12-18(20)21-6/h7-9,18-20H,1-3,10-13H2,4-6H3/b17-16+. The van der Waals surface area contributed by atoms with Crippen molar-refractivity contribution in [3.05, 3.63) is 60.4 Å². The third-order valence-corrected chi connectivity index (χ3v) is 3.35. The number of aliphatic hydroxyl groups excluding tert-OH is 1. The van der Waals surface area contributed by atoms with Gasteiger partial charge in [-0.05, 0) is 29.6 Å². The zero-order valence-corrected chi connectivity index (χ0v) is 13.6. The fourth-order valence-electron chi connectivity index (χ4n) is 2.19. The maximum Gasteiger partial charge on any atom is 0.155 e. The normalized spacial score (nSPS) is 13.0. The molecule has 0 aromatic carbocycles. The minimum atomic E-state index is -0.730. The van der Waals surface area contributed by atoms with Gasteiger partial charge in [0.15, 0.2) is 6.29 Å². The number of nitrogens with one attached hydrogen (secondary N) is 1. The van der Waals surface area contributed by atoms with E-state index in [1.54, 1.807) is 12.2 Å². The molecular weight excluding hydrogens is 262 g/mol. The van der Waals surface area contributed by atoms with Crippen molar-refractivity contribution in [1.29, 1.82) is 0 Å². The molecule has 0 saturated heterocycles. The number of rotatable bonds is 11. The van der Waals surface area contributed by atoms with Crippen LogP contribution in [0.5, 0.6) is 0 Å². The zero-order valence-electron chi connectivity index (χ0n) is 13.6. The first-order chi connectivity index (χ1) is 10.1. The Bertz CT molecular complexity index is 409. The molecule has 21 heavy (non-hydrogen) atoms. The molecule has 0 aromatic rings. The molecule has 0 rings (SSSR count). The fraction of sp³-hybridized carbons (Fsp3) is 0.444. The van der Waals surface area contributed by atoms with Crippen molar-refractivity contribution in [1.82, 2.24) is 5.32 Å². The Morgan fingerprint density at radius 3 is 2.14 bits per heavy atom. The van der Waals surface area contributed by atoms with E-state index in [0.29, 0.717) is 13.0 Å². The van der Waals surface area contributed by atoms with Crippen molar-refractivity contribution >= 4 is 0 Å². The van der Waals surface area contributed by atoms with Crippen LogP contribution in [0.3, 0.4) is 0 Å². The molecule has 0 aliphatic rings. The van der Waals surface area contributed by atoms with Crippen molar-refractivity contribution in [2.45, 2.75) is 39.4 Å². The highest BCUT2D eigenvalue weighted by atomic mass is 16.6. The maximum atomic E-state index is 9.43. The van der Waals surface area contributed by atoms with Gasteiger partial charge in [-0.15, -0.1) is 0 Å². The minimum Gasteiger partial charge on any atom is -0.388 e. The molecular formula is C18H29NO2. The Hall–Kier alpha value is -1.58. The lowest BCUT2D eigenvalue weighted by molar-refractivity contribution is -0.0771. The topological polar surface area (TPSA) is 41.5 Å². The van der Waals surface area contributed by atoms with E-state index in [9.17, 15) is 5.11 Å². The van der Waals surface area contributed by atoms with Crippen molar-refractivity contribution < 1.29 is 9.84 Å². The molecule has 118 valence electrons. The van der Waals surface area contributed by atoms with Gasteiger partial charge in [0, 0.05) is 25.8 Å². The smallest absolute Gasteiger partial charge is 0.155 e. The average Bonchev–Trinajstić information content (AvgIpc) is 2.52.